The van der Waals surface area contributed by atoms with Crippen molar-refractivity contribution in [1.29, 1.82) is 0 Å². The molecule has 0 fully saturated rings. The lowest BCUT2D eigenvalue weighted by molar-refractivity contribution is 0.476. The lowest BCUT2D eigenvalue weighted by Gasteiger charge is -2.32. The Bertz CT molecular complexity index is 793. The molecule has 3 heteroatoms. The van der Waals surface area contributed by atoms with Gasteiger partial charge in [0.05, 0.1) is 11.4 Å². The summed E-state index contributed by atoms with van der Waals surface area (Å²) in [5.41, 5.74) is 4.38. The number of fused-ring (bicyclic) bond motifs is 2. The van der Waals surface area contributed by atoms with E-state index in [2.05, 4.69) is 60.1 Å². The summed E-state index contributed by atoms with van der Waals surface area (Å²) in [7, 11) is 0. The molecular weight excluding hydrogens is 320 g/mol. The molecule has 0 saturated carbocycles. The first-order valence-electron chi connectivity index (χ1n) is 9.33. The molecule has 0 spiro atoms. The molecule has 2 aromatic carbocycles. The zero-order chi connectivity index (χ0) is 19.1. The molecule has 136 valence electrons. The van der Waals surface area contributed by atoms with Gasteiger partial charge >= 0.3 is 0 Å². The van der Waals surface area contributed by atoms with E-state index in [0.29, 0.717) is 0 Å². The maximum Gasteiger partial charge on any atom is 0.151 e. The van der Waals surface area contributed by atoms with E-state index >= 15 is 0 Å². The third-order valence-electron chi connectivity index (χ3n) is 3.81. The molecule has 0 bridgehead atoms. The summed E-state index contributed by atoms with van der Waals surface area (Å²) in [4.78, 5) is 6.66. The fourth-order valence-electron chi connectivity index (χ4n) is 2.76. The molecule has 0 unspecified atom stereocenters. The highest BCUT2D eigenvalue weighted by atomic mass is 16.5. The summed E-state index contributed by atoms with van der Waals surface area (Å²) in [6.07, 6.45) is 1.81. The number of nitrogens with zero attached hydrogens (tertiary/aromatic N) is 2. The van der Waals surface area contributed by atoms with Gasteiger partial charge in [-0.1, -0.05) is 45.9 Å². The SMILES string of the molecule is CC.CC.Cc1ccc2c(c1)Oc1cc(C)ccc1N2c1ccccn1. The Morgan fingerprint density at radius 1 is 0.731 bits per heavy atom. The normalized spacial score (nSPS) is 10.9. The molecule has 0 aliphatic carbocycles. The van der Waals surface area contributed by atoms with Crippen LogP contribution in [0.25, 0.3) is 0 Å². The Morgan fingerprint density at radius 2 is 1.27 bits per heavy atom. The van der Waals surface area contributed by atoms with Crippen LogP contribution in [0.2, 0.25) is 0 Å². The first-order valence-corrected chi connectivity index (χ1v) is 9.33. The second kappa shape index (κ2) is 9.04. The minimum atomic E-state index is 0.865. The topological polar surface area (TPSA) is 25.4 Å². The highest BCUT2D eigenvalue weighted by Crippen LogP contribution is 2.50. The Hall–Kier alpha value is -2.81. The van der Waals surface area contributed by atoms with Gasteiger partial charge in [0.15, 0.2) is 11.5 Å². The van der Waals surface area contributed by atoms with Gasteiger partial charge in [0.1, 0.15) is 5.82 Å². The average Bonchev–Trinajstić information content (AvgIpc) is 2.69. The molecule has 0 radical (unpaired) electrons. The van der Waals surface area contributed by atoms with Crippen LogP contribution in [-0.4, -0.2) is 4.98 Å². The van der Waals surface area contributed by atoms with E-state index in [1.165, 1.54) is 11.1 Å². The molecule has 0 N–H and O–H groups in total. The zero-order valence-electron chi connectivity index (χ0n) is 16.6. The van der Waals surface area contributed by atoms with Crippen molar-refractivity contribution in [2.45, 2.75) is 41.5 Å². The molecule has 3 aromatic rings. The van der Waals surface area contributed by atoms with Gasteiger partial charge in [-0.3, -0.25) is 4.90 Å². The van der Waals surface area contributed by atoms with Gasteiger partial charge in [-0.15, -0.1) is 0 Å². The zero-order valence-corrected chi connectivity index (χ0v) is 16.6. The van der Waals surface area contributed by atoms with Gasteiger partial charge in [0, 0.05) is 6.20 Å². The fraction of sp³-hybridized carbons (Fsp3) is 0.261. The van der Waals surface area contributed by atoms with Crippen molar-refractivity contribution >= 4 is 17.2 Å². The number of aryl methyl sites for hydroxylation is 2. The predicted molar refractivity (Wildman–Crippen MR) is 111 cm³/mol. The molecule has 0 amide bonds. The van der Waals surface area contributed by atoms with Gasteiger partial charge in [0.2, 0.25) is 0 Å². The summed E-state index contributed by atoms with van der Waals surface area (Å²) in [6.45, 7) is 12.1. The van der Waals surface area contributed by atoms with Crippen molar-refractivity contribution in [2.24, 2.45) is 0 Å². The predicted octanol–water partition coefficient (Wildman–Crippen LogP) is 7.33. The van der Waals surface area contributed by atoms with Crippen LogP contribution < -0.4 is 9.64 Å². The monoisotopic (exact) mass is 348 g/mol. The van der Waals surface area contributed by atoms with Crippen molar-refractivity contribution < 1.29 is 4.74 Å². The van der Waals surface area contributed by atoms with Gasteiger partial charge in [-0.2, -0.15) is 0 Å². The van der Waals surface area contributed by atoms with Gasteiger partial charge in [-0.25, -0.2) is 4.98 Å². The van der Waals surface area contributed by atoms with Crippen molar-refractivity contribution in [3.8, 4) is 11.5 Å². The van der Waals surface area contributed by atoms with Crippen LogP contribution in [0, 0.1) is 13.8 Å². The van der Waals surface area contributed by atoms with Crippen molar-refractivity contribution in [3.05, 3.63) is 71.9 Å². The highest BCUT2D eigenvalue weighted by molar-refractivity contribution is 5.85. The maximum absolute atomic E-state index is 6.12. The van der Waals surface area contributed by atoms with Crippen LogP contribution in [-0.2, 0) is 0 Å². The molecule has 0 atom stereocenters. The van der Waals surface area contributed by atoms with Gasteiger partial charge in [-0.05, 0) is 61.4 Å². The third-order valence-corrected chi connectivity index (χ3v) is 3.81. The lowest BCUT2D eigenvalue weighted by Crippen LogP contribution is -2.16. The second-order valence-corrected chi connectivity index (χ2v) is 5.57. The van der Waals surface area contributed by atoms with E-state index in [1.54, 1.807) is 0 Å². The van der Waals surface area contributed by atoms with Crippen molar-refractivity contribution in [1.82, 2.24) is 4.98 Å². The standard InChI is InChI=1S/C19H16N2O.2C2H6/c1-13-6-8-15-17(11-13)22-18-12-14(2)7-9-16(18)21(15)19-5-3-4-10-20-19;2*1-2/h3-12H,1-2H3;2*1-2H3. The number of anilines is 3. The van der Waals surface area contributed by atoms with Crippen molar-refractivity contribution in [3.63, 3.8) is 0 Å². The number of rotatable bonds is 1. The van der Waals surface area contributed by atoms with Gasteiger partial charge < -0.3 is 4.74 Å². The lowest BCUT2D eigenvalue weighted by atomic mass is 10.1. The summed E-state index contributed by atoms with van der Waals surface area (Å²) in [6, 6.07) is 18.4. The van der Waals surface area contributed by atoms with Crippen LogP contribution in [0.4, 0.5) is 17.2 Å². The van der Waals surface area contributed by atoms with Crippen LogP contribution >= 0.6 is 0 Å². The Balaban J connectivity index is 0.000000570. The number of aromatic nitrogens is 1. The molecule has 2 heterocycles. The van der Waals surface area contributed by atoms with E-state index in [0.717, 1.165) is 28.7 Å². The van der Waals surface area contributed by atoms with Crippen LogP contribution in [0.1, 0.15) is 38.8 Å². The molecule has 3 nitrogen and oxygen atoms in total. The van der Waals surface area contributed by atoms with Crippen LogP contribution in [0.3, 0.4) is 0 Å². The third kappa shape index (κ3) is 3.88. The number of hydrogen-bond acceptors (Lipinski definition) is 3. The van der Waals surface area contributed by atoms with E-state index < -0.39 is 0 Å². The van der Waals surface area contributed by atoms with Crippen molar-refractivity contribution in [2.75, 3.05) is 4.90 Å². The summed E-state index contributed by atoms with van der Waals surface area (Å²) in [5, 5.41) is 0. The minimum absolute atomic E-state index is 0.865. The summed E-state index contributed by atoms with van der Waals surface area (Å²) < 4.78 is 6.12. The Kier molecular flexibility index (Phi) is 6.79. The number of pyridine rings is 1. The number of benzene rings is 2. The smallest absolute Gasteiger partial charge is 0.151 e. The first kappa shape index (κ1) is 19.5. The first-order chi connectivity index (χ1) is 12.7. The fourth-order valence-corrected chi connectivity index (χ4v) is 2.76. The molecular formula is C23H28N2O. The molecule has 4 rings (SSSR count). The molecule has 1 aliphatic heterocycles. The number of ether oxygens (including phenoxy) is 1. The van der Waals surface area contributed by atoms with E-state index in [1.807, 2.05) is 52.1 Å². The van der Waals surface area contributed by atoms with Crippen LogP contribution in [0.15, 0.2) is 60.8 Å². The maximum atomic E-state index is 6.12. The second-order valence-electron chi connectivity index (χ2n) is 5.57. The van der Waals surface area contributed by atoms with E-state index in [4.69, 9.17) is 4.74 Å². The Morgan fingerprint density at radius 3 is 1.73 bits per heavy atom. The van der Waals surface area contributed by atoms with Gasteiger partial charge in [0.25, 0.3) is 0 Å². The quantitative estimate of drug-likeness (QED) is 0.360. The van der Waals surface area contributed by atoms with Crippen LogP contribution in [0.5, 0.6) is 11.5 Å². The highest BCUT2D eigenvalue weighted by Gasteiger charge is 2.26. The minimum Gasteiger partial charge on any atom is -0.453 e. The summed E-state index contributed by atoms with van der Waals surface area (Å²) in [5.74, 6) is 2.62. The van der Waals surface area contributed by atoms with E-state index in [-0.39, 0.29) is 0 Å². The largest absolute Gasteiger partial charge is 0.453 e. The molecule has 1 aliphatic rings. The summed E-state index contributed by atoms with van der Waals surface area (Å²) >= 11 is 0. The number of hydrogen-bond donors (Lipinski definition) is 0. The average molecular weight is 348 g/mol. The molecule has 1 aromatic heterocycles. The molecule has 0 saturated heterocycles. The Labute approximate surface area is 157 Å². The molecule has 26 heavy (non-hydrogen) atoms. The van der Waals surface area contributed by atoms with E-state index in [9.17, 15) is 0 Å².